The minimum Gasteiger partial charge on any atom is -0.338 e. The van der Waals surface area contributed by atoms with E-state index in [-0.39, 0.29) is 11.9 Å². The zero-order chi connectivity index (χ0) is 17.8. The third kappa shape index (κ3) is 4.30. The van der Waals surface area contributed by atoms with E-state index in [1.807, 2.05) is 20.0 Å². The smallest absolute Gasteiger partial charge is 0.243 e. The minimum absolute atomic E-state index is 0.0812. The Morgan fingerprint density at radius 2 is 2.04 bits per heavy atom. The fraction of sp³-hybridized carbons (Fsp3) is 0.389. The summed E-state index contributed by atoms with van der Waals surface area (Å²) in [5.74, 6) is 1.05. The van der Waals surface area contributed by atoms with Crippen molar-refractivity contribution in [3.05, 3.63) is 53.6 Å². The monoisotopic (exact) mass is 343 g/mol. The normalized spacial score (nSPS) is 12.7. The van der Waals surface area contributed by atoms with Gasteiger partial charge >= 0.3 is 0 Å². The molecule has 2 heterocycles. The molecule has 0 radical (unpaired) electrons. The van der Waals surface area contributed by atoms with Crippen LogP contribution in [-0.4, -0.2) is 38.8 Å². The van der Waals surface area contributed by atoms with E-state index in [9.17, 15) is 4.39 Å². The average molecular weight is 343 g/mol. The van der Waals surface area contributed by atoms with Gasteiger partial charge in [0.25, 0.3) is 0 Å². The Labute approximate surface area is 146 Å². The summed E-state index contributed by atoms with van der Waals surface area (Å²) in [5, 5.41) is 11.2. The molecule has 0 fully saturated rings. The zero-order valence-corrected chi connectivity index (χ0v) is 14.7. The lowest BCUT2D eigenvalue weighted by atomic mass is 10.1. The van der Waals surface area contributed by atoms with Crippen molar-refractivity contribution in [3.8, 4) is 11.3 Å². The van der Waals surface area contributed by atoms with Gasteiger partial charge in [-0.05, 0) is 70.6 Å². The quantitative estimate of drug-likeness (QED) is 0.710. The van der Waals surface area contributed by atoms with Crippen LogP contribution in [0, 0.1) is 12.7 Å². The summed E-state index contributed by atoms with van der Waals surface area (Å²) < 4.78 is 18.2. The lowest BCUT2D eigenvalue weighted by molar-refractivity contribution is 0.207. The van der Waals surface area contributed by atoms with Crippen molar-refractivity contribution in [3.63, 3.8) is 0 Å². The summed E-state index contributed by atoms with van der Waals surface area (Å²) >= 11 is 0. The molecule has 132 valence electrons. The highest BCUT2D eigenvalue weighted by Crippen LogP contribution is 2.20. The van der Waals surface area contributed by atoms with E-state index >= 15 is 0 Å². The molecular formula is C18H22FN5O. The van der Waals surface area contributed by atoms with Gasteiger partial charge in [-0.15, -0.1) is 0 Å². The molecule has 3 rings (SSSR count). The lowest BCUT2D eigenvalue weighted by Gasteiger charge is -2.21. The maximum absolute atomic E-state index is 13.0. The molecule has 0 saturated carbocycles. The number of benzene rings is 1. The molecule has 1 N–H and O–H groups in total. The fourth-order valence-electron chi connectivity index (χ4n) is 2.64. The number of rotatable bonds is 7. The molecule has 0 amide bonds. The Morgan fingerprint density at radius 1 is 1.28 bits per heavy atom. The molecule has 0 aliphatic rings. The maximum Gasteiger partial charge on any atom is 0.243 e. The Balaban J connectivity index is 1.51. The van der Waals surface area contributed by atoms with Crippen LogP contribution in [-0.2, 0) is 6.42 Å². The van der Waals surface area contributed by atoms with E-state index < -0.39 is 0 Å². The average Bonchev–Trinajstić information content (AvgIpc) is 3.24. The molecule has 0 saturated heterocycles. The molecule has 1 atom stereocenters. The highest BCUT2D eigenvalue weighted by molar-refractivity contribution is 5.58. The van der Waals surface area contributed by atoms with Crippen LogP contribution in [0.2, 0.25) is 0 Å². The number of nitrogens with zero attached hydrogens (tertiary/aromatic N) is 4. The van der Waals surface area contributed by atoms with Crippen LogP contribution in [0.3, 0.4) is 0 Å². The van der Waals surface area contributed by atoms with Gasteiger partial charge in [0.1, 0.15) is 5.82 Å². The van der Waals surface area contributed by atoms with Gasteiger partial charge in [-0.3, -0.25) is 10.00 Å². The summed E-state index contributed by atoms with van der Waals surface area (Å²) in [6, 6.07) is 8.45. The molecule has 0 unspecified atom stereocenters. The Morgan fingerprint density at radius 3 is 2.72 bits per heavy atom. The van der Waals surface area contributed by atoms with Gasteiger partial charge in [-0.2, -0.15) is 10.1 Å². The van der Waals surface area contributed by atoms with Crippen molar-refractivity contribution >= 4 is 0 Å². The molecule has 0 aliphatic heterocycles. The molecule has 3 aromatic rings. The van der Waals surface area contributed by atoms with Gasteiger partial charge in [-0.25, -0.2) is 4.39 Å². The minimum atomic E-state index is -0.242. The van der Waals surface area contributed by atoms with Crippen LogP contribution in [0.15, 0.2) is 34.9 Å². The van der Waals surface area contributed by atoms with Crippen LogP contribution in [0.4, 0.5) is 4.39 Å². The van der Waals surface area contributed by atoms with Crippen LogP contribution < -0.4 is 0 Å². The summed E-state index contributed by atoms with van der Waals surface area (Å²) in [5.41, 5.74) is 2.80. The molecule has 6 nitrogen and oxygen atoms in total. The molecule has 25 heavy (non-hydrogen) atoms. The molecule has 1 aromatic carbocycles. The van der Waals surface area contributed by atoms with Crippen molar-refractivity contribution < 1.29 is 8.91 Å². The first-order valence-electron chi connectivity index (χ1n) is 8.33. The first-order chi connectivity index (χ1) is 12.0. The fourth-order valence-corrected chi connectivity index (χ4v) is 2.64. The number of aromatic amines is 1. The van der Waals surface area contributed by atoms with Crippen LogP contribution in [0.25, 0.3) is 11.3 Å². The molecular weight excluding hydrogens is 321 g/mol. The molecule has 0 spiro atoms. The summed E-state index contributed by atoms with van der Waals surface area (Å²) in [7, 11) is 2.04. The van der Waals surface area contributed by atoms with Gasteiger partial charge in [-0.1, -0.05) is 5.16 Å². The van der Waals surface area contributed by atoms with E-state index in [4.69, 9.17) is 4.52 Å². The number of halogens is 1. The third-order valence-corrected chi connectivity index (χ3v) is 4.29. The molecule has 2 aromatic heterocycles. The number of hydrogen-bond acceptors (Lipinski definition) is 5. The summed E-state index contributed by atoms with van der Waals surface area (Å²) in [6.07, 6.45) is 1.85. The molecule has 0 aliphatic carbocycles. The maximum atomic E-state index is 13.0. The van der Waals surface area contributed by atoms with Crippen LogP contribution in [0.1, 0.15) is 36.8 Å². The van der Waals surface area contributed by atoms with E-state index in [0.717, 1.165) is 36.3 Å². The third-order valence-electron chi connectivity index (χ3n) is 4.29. The number of nitrogens with one attached hydrogen (secondary N) is 1. The predicted octanol–water partition coefficient (Wildman–Crippen LogP) is 3.53. The second-order valence-electron chi connectivity index (χ2n) is 6.23. The van der Waals surface area contributed by atoms with Gasteiger partial charge in [0, 0.05) is 11.3 Å². The van der Waals surface area contributed by atoms with Crippen molar-refractivity contribution in [2.45, 2.75) is 32.7 Å². The number of H-pyrrole nitrogens is 1. The van der Waals surface area contributed by atoms with Gasteiger partial charge in [0.2, 0.25) is 5.89 Å². The highest BCUT2D eigenvalue weighted by Gasteiger charge is 2.17. The van der Waals surface area contributed by atoms with Gasteiger partial charge < -0.3 is 4.52 Å². The van der Waals surface area contributed by atoms with E-state index in [1.165, 1.54) is 12.1 Å². The number of aryl methyl sites for hydroxylation is 2. The first kappa shape index (κ1) is 17.3. The largest absolute Gasteiger partial charge is 0.338 e. The van der Waals surface area contributed by atoms with E-state index in [0.29, 0.717) is 11.7 Å². The van der Waals surface area contributed by atoms with E-state index in [1.54, 1.807) is 12.1 Å². The first-order valence-corrected chi connectivity index (χ1v) is 8.33. The Hall–Kier alpha value is -2.54. The summed E-state index contributed by atoms with van der Waals surface area (Å²) in [4.78, 5) is 6.46. The van der Waals surface area contributed by atoms with Crippen LogP contribution in [0.5, 0.6) is 0 Å². The standard InChI is InChI=1S/C18H22FN5O/c1-12(18-20-13(2)23-25-18)24(3)10-4-5-16-11-17(22-21-16)14-6-8-15(19)9-7-14/h6-9,11-12H,4-5,10H2,1-3H3,(H,21,22)/t12-/m0/s1. The van der Waals surface area contributed by atoms with Gasteiger partial charge in [0.05, 0.1) is 11.7 Å². The second-order valence-corrected chi connectivity index (χ2v) is 6.23. The topological polar surface area (TPSA) is 70.8 Å². The number of aromatic nitrogens is 4. The lowest BCUT2D eigenvalue weighted by Crippen LogP contribution is -2.24. The van der Waals surface area contributed by atoms with Crippen LogP contribution >= 0.6 is 0 Å². The van der Waals surface area contributed by atoms with Crippen molar-refractivity contribution in [2.75, 3.05) is 13.6 Å². The molecule has 0 bridgehead atoms. The summed E-state index contributed by atoms with van der Waals surface area (Å²) in [6.45, 7) is 4.76. The SMILES string of the molecule is Cc1noc([C@H](C)N(C)CCCc2cc(-c3ccc(F)cc3)n[nH]2)n1. The number of hydrogen-bond donors (Lipinski definition) is 1. The predicted molar refractivity (Wildman–Crippen MR) is 92.4 cm³/mol. The van der Waals surface area contributed by atoms with Crippen molar-refractivity contribution in [2.24, 2.45) is 0 Å². The van der Waals surface area contributed by atoms with Crippen molar-refractivity contribution in [1.82, 2.24) is 25.2 Å². The van der Waals surface area contributed by atoms with E-state index in [2.05, 4.69) is 32.2 Å². The van der Waals surface area contributed by atoms with Gasteiger partial charge in [0.15, 0.2) is 5.82 Å². The highest BCUT2D eigenvalue weighted by atomic mass is 19.1. The second kappa shape index (κ2) is 7.57. The molecule has 7 heteroatoms. The Kier molecular flexibility index (Phi) is 5.23. The van der Waals surface area contributed by atoms with Crippen molar-refractivity contribution in [1.29, 1.82) is 0 Å². The zero-order valence-electron chi connectivity index (χ0n) is 14.7. The Bertz CT molecular complexity index is 811.